The van der Waals surface area contributed by atoms with Crippen LogP contribution in [0.5, 0.6) is 0 Å². The Morgan fingerprint density at radius 2 is 0.500 bits per heavy atom. The second kappa shape index (κ2) is 48.2. The third-order valence-corrected chi connectivity index (χ3v) is 0. The molecule has 0 atom stereocenters. The Balaban J connectivity index is -0.00000000300. The molecule has 0 saturated carbocycles. The normalized spacial score (nSPS) is 4.50. The van der Waals surface area contributed by atoms with Crippen LogP contribution >= 0.6 is 28.6 Å². The first-order valence-corrected chi connectivity index (χ1v) is 10.5. The standard InChI is InChI=1S/3ClH.6H2O.Re/h3*1H;6*1H2;/q;;;;;;;;;+3/p-3. The fourth-order valence-electron chi connectivity index (χ4n) is 0. The Hall–Kier alpha value is 1.29. The summed E-state index contributed by atoms with van der Waals surface area (Å²) in [7, 11) is 15.0. The van der Waals surface area contributed by atoms with Crippen molar-refractivity contribution in [2.24, 2.45) is 0 Å². The van der Waals surface area contributed by atoms with Crippen LogP contribution < -0.4 is 0 Å². The molecule has 10 heteroatoms. The van der Waals surface area contributed by atoms with Crippen LogP contribution in [0.15, 0.2) is 0 Å². The van der Waals surface area contributed by atoms with Crippen LogP contribution in [0.1, 0.15) is 0 Å². The van der Waals surface area contributed by atoms with Gasteiger partial charge in [-0.2, -0.15) is 0 Å². The summed E-state index contributed by atoms with van der Waals surface area (Å²) in [6.45, 7) is 0. The quantitative estimate of drug-likeness (QED) is 0.404. The first kappa shape index (κ1) is 64.9. The van der Waals surface area contributed by atoms with Gasteiger partial charge < -0.3 is 32.9 Å². The van der Waals surface area contributed by atoms with Crippen molar-refractivity contribution < 1.29 is 46.6 Å². The predicted octanol–water partition coefficient (Wildman–Crippen LogP) is -2.88. The van der Waals surface area contributed by atoms with Crippen molar-refractivity contribution in [3.63, 3.8) is 0 Å². The van der Waals surface area contributed by atoms with Gasteiger partial charge in [0.25, 0.3) is 0 Å². The summed E-state index contributed by atoms with van der Waals surface area (Å²) in [5.74, 6) is 0. The van der Waals surface area contributed by atoms with E-state index in [4.69, 9.17) is 28.6 Å². The topological polar surface area (TPSA) is 189 Å². The fraction of sp³-hybridized carbons (Fsp3) is 0. The molecule has 10 heavy (non-hydrogen) atoms. The van der Waals surface area contributed by atoms with Gasteiger partial charge in [0.2, 0.25) is 0 Å². The maximum absolute atomic E-state index is 4.99. The van der Waals surface area contributed by atoms with Crippen molar-refractivity contribution in [1.82, 2.24) is 0 Å². The van der Waals surface area contributed by atoms with E-state index in [1.165, 1.54) is 0 Å². The summed E-state index contributed by atoms with van der Waals surface area (Å²) < 4.78 is 0. The van der Waals surface area contributed by atoms with E-state index in [0.717, 1.165) is 0 Å². The molecule has 0 rings (SSSR count). The maximum atomic E-state index is 4.99. The number of rotatable bonds is 0. The van der Waals surface area contributed by atoms with Crippen LogP contribution in [0.3, 0.4) is 0 Å². The Kier molecular flexibility index (Phi) is 313. The van der Waals surface area contributed by atoms with Crippen molar-refractivity contribution in [3.05, 3.63) is 0 Å². The molecule has 0 fully saturated rings. The third kappa shape index (κ3) is 383. The van der Waals surface area contributed by atoms with Gasteiger partial charge in [0.1, 0.15) is 0 Å². The summed E-state index contributed by atoms with van der Waals surface area (Å²) in [6.07, 6.45) is 0. The molecule has 0 unspecified atom stereocenters. The summed E-state index contributed by atoms with van der Waals surface area (Å²) >= 11 is -2.05. The average Bonchev–Trinajstić information content (AvgIpc) is 0.811. The Labute approximate surface area is 75.1 Å². The molecule has 0 amide bonds. The molecule has 0 heterocycles. The van der Waals surface area contributed by atoms with E-state index in [9.17, 15) is 0 Å². The summed E-state index contributed by atoms with van der Waals surface area (Å²) in [5, 5.41) is 0. The van der Waals surface area contributed by atoms with Gasteiger partial charge in [-0.1, -0.05) is 0 Å². The minimum absolute atomic E-state index is 0. The molecule has 0 aliphatic heterocycles. The molecule has 76 valence electrons. The predicted molar refractivity (Wildman–Crippen MR) is 39.2 cm³/mol. The summed E-state index contributed by atoms with van der Waals surface area (Å²) in [4.78, 5) is 0. The number of halogens is 3. The number of hydrogen-bond acceptors (Lipinski definition) is 0. The SMILES string of the molecule is O.O.O.O.O.O.[Cl][Re]([Cl])[Cl]. The molecule has 6 nitrogen and oxygen atoms in total. The second-order valence-electron chi connectivity index (χ2n) is 0.162. The molecule has 0 aliphatic rings. The molecule has 0 spiro atoms. The minimum atomic E-state index is -2.05. The van der Waals surface area contributed by atoms with Gasteiger partial charge in [-0.15, -0.1) is 0 Å². The van der Waals surface area contributed by atoms with E-state index in [2.05, 4.69) is 0 Å². The molecule has 12 N–H and O–H groups in total. The van der Waals surface area contributed by atoms with Crippen molar-refractivity contribution in [2.45, 2.75) is 0 Å². The zero-order chi connectivity index (χ0) is 3.58. The second-order valence-corrected chi connectivity index (χ2v) is 11.9. The summed E-state index contributed by atoms with van der Waals surface area (Å²) in [6, 6.07) is 0. The van der Waals surface area contributed by atoms with Crippen LogP contribution in [0.2, 0.25) is 0 Å². The molecule has 0 bridgehead atoms. The van der Waals surface area contributed by atoms with Crippen molar-refractivity contribution in [2.75, 3.05) is 0 Å². The van der Waals surface area contributed by atoms with Gasteiger partial charge in [-0.05, 0) is 0 Å². The first-order valence-electron chi connectivity index (χ1n) is 0.429. The molecular formula is H12Cl3O6Re. The number of hydrogen-bond donors (Lipinski definition) is 0. The van der Waals surface area contributed by atoms with Crippen LogP contribution in [0, 0.1) is 0 Å². The Bertz CT molecular complexity index is 17.7. The van der Waals surface area contributed by atoms with E-state index in [0.29, 0.717) is 0 Å². The zero-order valence-electron chi connectivity index (χ0n) is 4.51. The van der Waals surface area contributed by atoms with Crippen LogP contribution in [-0.4, -0.2) is 32.9 Å². The molecule has 0 aliphatic carbocycles. The average molecular weight is 401 g/mol. The summed E-state index contributed by atoms with van der Waals surface area (Å²) in [5.41, 5.74) is 0. The molecule has 0 aromatic carbocycles. The zero-order valence-corrected chi connectivity index (χ0v) is 9.50. The van der Waals surface area contributed by atoms with Gasteiger partial charge in [-0.3, -0.25) is 0 Å². The van der Waals surface area contributed by atoms with Gasteiger partial charge in [0, 0.05) is 0 Å². The molecule has 0 aromatic heterocycles. The van der Waals surface area contributed by atoms with Gasteiger partial charge in [-0.25, -0.2) is 0 Å². The van der Waals surface area contributed by atoms with Gasteiger partial charge in [0.15, 0.2) is 0 Å². The van der Waals surface area contributed by atoms with E-state index in [1.807, 2.05) is 0 Å². The first-order chi connectivity index (χ1) is 1.73. The molecular weight excluding hydrogens is 389 g/mol. The fourth-order valence-corrected chi connectivity index (χ4v) is 0. The van der Waals surface area contributed by atoms with Crippen molar-refractivity contribution >= 4 is 28.6 Å². The van der Waals surface area contributed by atoms with E-state index < -0.39 is 13.7 Å². The van der Waals surface area contributed by atoms with E-state index in [1.54, 1.807) is 0 Å². The molecule has 0 radical (unpaired) electrons. The van der Waals surface area contributed by atoms with E-state index in [-0.39, 0.29) is 32.9 Å². The van der Waals surface area contributed by atoms with Crippen LogP contribution in [-0.2, 0) is 13.7 Å². The van der Waals surface area contributed by atoms with E-state index >= 15 is 0 Å². The van der Waals surface area contributed by atoms with Crippen LogP contribution in [0.25, 0.3) is 0 Å². The monoisotopic (exact) mass is 400 g/mol. The van der Waals surface area contributed by atoms with Crippen molar-refractivity contribution in [1.29, 1.82) is 0 Å². The van der Waals surface area contributed by atoms with Gasteiger partial charge in [0.05, 0.1) is 0 Å². The van der Waals surface area contributed by atoms with Crippen molar-refractivity contribution in [3.8, 4) is 0 Å². The van der Waals surface area contributed by atoms with Crippen LogP contribution in [0.4, 0.5) is 0 Å². The Morgan fingerprint density at radius 3 is 0.500 bits per heavy atom. The van der Waals surface area contributed by atoms with Gasteiger partial charge >= 0.3 is 42.3 Å². The third-order valence-electron chi connectivity index (χ3n) is 0. The Morgan fingerprint density at radius 1 is 0.500 bits per heavy atom. The molecule has 0 saturated heterocycles. The molecule has 0 aromatic rings.